The second-order valence-corrected chi connectivity index (χ2v) is 5.65. The highest BCUT2D eigenvalue weighted by molar-refractivity contribution is 8.00. The van der Waals surface area contributed by atoms with E-state index in [0.29, 0.717) is 11.7 Å². The zero-order chi connectivity index (χ0) is 10.3. The van der Waals surface area contributed by atoms with Crippen molar-refractivity contribution in [2.24, 2.45) is 5.92 Å². The zero-order valence-electron chi connectivity index (χ0n) is 8.61. The minimum Gasteiger partial charge on any atom is -0.298 e. The third-order valence-corrected chi connectivity index (χ3v) is 5.01. The molecule has 0 unspecified atom stereocenters. The number of fused-ring (bicyclic) bond motifs is 2. The molecule has 1 aromatic carbocycles. The van der Waals surface area contributed by atoms with Crippen LogP contribution in [0.4, 0.5) is 0 Å². The van der Waals surface area contributed by atoms with Crippen LogP contribution in [0.3, 0.4) is 0 Å². The van der Waals surface area contributed by atoms with Crippen LogP contribution in [0.15, 0.2) is 29.2 Å². The predicted octanol–water partition coefficient (Wildman–Crippen LogP) is 3.07. The predicted molar refractivity (Wildman–Crippen MR) is 62.1 cm³/mol. The highest BCUT2D eigenvalue weighted by atomic mass is 32.2. The average Bonchev–Trinajstić information content (AvgIpc) is 2.27. The molecule has 0 N–H and O–H groups in total. The first-order chi connectivity index (χ1) is 7.34. The molecular weight excluding hydrogens is 204 g/mol. The number of Topliss-reactive ketones (excluding diaryl/α,β-unsaturated/α-hetero) is 1. The van der Waals surface area contributed by atoms with Gasteiger partial charge in [0.1, 0.15) is 5.78 Å². The van der Waals surface area contributed by atoms with Gasteiger partial charge in [-0.05, 0) is 36.8 Å². The molecule has 1 aromatic rings. The quantitative estimate of drug-likeness (QED) is 0.665. The largest absolute Gasteiger partial charge is 0.298 e. The Bertz CT molecular complexity index is 399. The van der Waals surface area contributed by atoms with E-state index < -0.39 is 0 Å². The van der Waals surface area contributed by atoms with E-state index in [1.54, 1.807) is 11.8 Å². The number of ketones is 1. The molecule has 0 aromatic heterocycles. The molecule has 0 bridgehead atoms. The fraction of sp³-hybridized carbons (Fsp3) is 0.462. The molecule has 2 heteroatoms. The van der Waals surface area contributed by atoms with Gasteiger partial charge in [-0.15, -0.1) is 11.8 Å². The second-order valence-electron chi connectivity index (χ2n) is 4.47. The molecule has 3 rings (SSSR count). The maximum atomic E-state index is 11.8. The minimum absolute atomic E-state index is 0.258. The molecule has 1 nitrogen and oxygen atoms in total. The van der Waals surface area contributed by atoms with Crippen molar-refractivity contribution in [1.29, 1.82) is 0 Å². The van der Waals surface area contributed by atoms with Gasteiger partial charge in [-0.3, -0.25) is 4.79 Å². The van der Waals surface area contributed by atoms with Gasteiger partial charge in [0.25, 0.3) is 0 Å². The summed E-state index contributed by atoms with van der Waals surface area (Å²) in [6, 6.07) is 8.53. The third-order valence-electron chi connectivity index (χ3n) is 3.45. The van der Waals surface area contributed by atoms with Gasteiger partial charge in [0.05, 0.1) is 5.25 Å². The molecule has 0 amide bonds. The lowest BCUT2D eigenvalue weighted by Crippen LogP contribution is -2.34. The number of carbonyl (C=O) groups excluding carboxylic acids is 1. The summed E-state index contributed by atoms with van der Waals surface area (Å²) < 4.78 is 0. The van der Waals surface area contributed by atoms with Gasteiger partial charge in [-0.1, -0.05) is 18.2 Å². The maximum Gasteiger partial charge on any atom is 0.146 e. The van der Waals surface area contributed by atoms with Crippen LogP contribution in [0, 0.1) is 5.92 Å². The minimum atomic E-state index is 0.258. The van der Waals surface area contributed by atoms with E-state index in [9.17, 15) is 4.79 Å². The Labute approximate surface area is 94.3 Å². The fourth-order valence-corrected chi connectivity index (χ4v) is 4.08. The summed E-state index contributed by atoms with van der Waals surface area (Å²) in [7, 11) is 0. The van der Waals surface area contributed by atoms with Gasteiger partial charge in [0.2, 0.25) is 0 Å². The van der Waals surface area contributed by atoms with Crippen LogP contribution in [0.5, 0.6) is 0 Å². The van der Waals surface area contributed by atoms with Crippen LogP contribution in [-0.4, -0.2) is 11.0 Å². The van der Waals surface area contributed by atoms with E-state index in [2.05, 4.69) is 24.3 Å². The molecular formula is C13H14OS. The van der Waals surface area contributed by atoms with Crippen molar-refractivity contribution >= 4 is 17.5 Å². The molecule has 78 valence electrons. The first kappa shape index (κ1) is 9.46. The molecule has 2 aliphatic rings. The van der Waals surface area contributed by atoms with Gasteiger partial charge in [0, 0.05) is 11.3 Å². The lowest BCUT2D eigenvalue weighted by Gasteiger charge is -2.34. The normalized spacial score (nSPS) is 29.5. The van der Waals surface area contributed by atoms with Crippen LogP contribution >= 0.6 is 11.8 Å². The van der Waals surface area contributed by atoms with Gasteiger partial charge in [0.15, 0.2) is 0 Å². The van der Waals surface area contributed by atoms with Crippen molar-refractivity contribution in [3.63, 3.8) is 0 Å². The Kier molecular flexibility index (Phi) is 2.32. The summed E-state index contributed by atoms with van der Waals surface area (Å²) in [5.74, 6) is 1.08. The summed E-state index contributed by atoms with van der Waals surface area (Å²) in [5.41, 5.74) is 1.44. The van der Waals surface area contributed by atoms with Gasteiger partial charge in [-0.25, -0.2) is 0 Å². The molecule has 1 aliphatic heterocycles. The van der Waals surface area contributed by atoms with Crippen molar-refractivity contribution in [3.8, 4) is 0 Å². The third kappa shape index (κ3) is 1.61. The monoisotopic (exact) mass is 218 g/mol. The molecule has 1 saturated carbocycles. The van der Waals surface area contributed by atoms with Gasteiger partial charge >= 0.3 is 0 Å². The summed E-state index contributed by atoms with van der Waals surface area (Å²) >= 11 is 1.80. The number of hydrogen-bond donors (Lipinski definition) is 0. The van der Waals surface area contributed by atoms with Crippen molar-refractivity contribution in [1.82, 2.24) is 0 Å². The summed E-state index contributed by atoms with van der Waals surface area (Å²) in [5, 5.41) is 0.258. The molecule has 1 heterocycles. The first-order valence-corrected chi connectivity index (χ1v) is 6.50. The van der Waals surface area contributed by atoms with E-state index in [0.717, 1.165) is 19.3 Å². The molecule has 0 radical (unpaired) electrons. The Morgan fingerprint density at radius 3 is 3.07 bits per heavy atom. The second kappa shape index (κ2) is 3.67. The Hall–Kier alpha value is -0.760. The van der Waals surface area contributed by atoms with Crippen LogP contribution in [-0.2, 0) is 11.2 Å². The van der Waals surface area contributed by atoms with Crippen molar-refractivity contribution < 1.29 is 4.79 Å². The van der Waals surface area contributed by atoms with Crippen LogP contribution in [0.2, 0.25) is 0 Å². The lowest BCUT2D eigenvalue weighted by molar-refractivity contribution is -0.120. The number of rotatable bonds is 0. The molecule has 1 aliphatic carbocycles. The lowest BCUT2D eigenvalue weighted by atomic mass is 9.83. The average molecular weight is 218 g/mol. The Morgan fingerprint density at radius 2 is 2.13 bits per heavy atom. The maximum absolute atomic E-state index is 11.8. The van der Waals surface area contributed by atoms with Crippen LogP contribution in [0.25, 0.3) is 0 Å². The van der Waals surface area contributed by atoms with Crippen molar-refractivity contribution in [3.05, 3.63) is 29.8 Å². The van der Waals surface area contributed by atoms with E-state index in [1.807, 2.05) is 0 Å². The summed E-state index contributed by atoms with van der Waals surface area (Å²) in [6.07, 6.45) is 4.25. The summed E-state index contributed by atoms with van der Waals surface area (Å²) in [6.45, 7) is 0. The van der Waals surface area contributed by atoms with E-state index >= 15 is 0 Å². The zero-order valence-corrected chi connectivity index (χ0v) is 9.43. The Balaban J connectivity index is 1.95. The van der Waals surface area contributed by atoms with Crippen molar-refractivity contribution in [2.75, 3.05) is 0 Å². The van der Waals surface area contributed by atoms with E-state index in [1.165, 1.54) is 16.9 Å². The highest BCUT2D eigenvalue weighted by Gasteiger charge is 2.36. The van der Waals surface area contributed by atoms with Crippen LogP contribution in [0.1, 0.15) is 24.8 Å². The van der Waals surface area contributed by atoms with E-state index in [-0.39, 0.29) is 5.25 Å². The number of hydrogen-bond acceptors (Lipinski definition) is 2. The van der Waals surface area contributed by atoms with Gasteiger partial charge < -0.3 is 0 Å². The standard InChI is InChI=1S/C13H14OS/c14-11-6-3-5-10-8-9-4-1-2-7-12(9)15-13(10)11/h1-2,4,7,10,13H,3,5-6,8H2/t10-,13-/m1/s1. The highest BCUT2D eigenvalue weighted by Crippen LogP contribution is 2.43. The van der Waals surface area contributed by atoms with Crippen LogP contribution < -0.4 is 0 Å². The smallest absolute Gasteiger partial charge is 0.146 e. The molecule has 0 spiro atoms. The van der Waals surface area contributed by atoms with Crippen molar-refractivity contribution in [2.45, 2.75) is 35.8 Å². The van der Waals surface area contributed by atoms with E-state index in [4.69, 9.17) is 0 Å². The molecule has 0 saturated heterocycles. The van der Waals surface area contributed by atoms with Gasteiger partial charge in [-0.2, -0.15) is 0 Å². The summed E-state index contributed by atoms with van der Waals surface area (Å²) in [4.78, 5) is 13.1. The SMILES string of the molecule is O=C1CCC[C@@H]2Cc3ccccc3S[C@@H]12. The topological polar surface area (TPSA) is 17.1 Å². The Morgan fingerprint density at radius 1 is 1.27 bits per heavy atom. The molecule has 2 atom stereocenters. The number of carbonyl (C=O) groups is 1. The molecule has 1 fully saturated rings. The number of thioether (sulfide) groups is 1. The first-order valence-electron chi connectivity index (χ1n) is 5.62. The molecule has 15 heavy (non-hydrogen) atoms. The fourth-order valence-electron chi connectivity index (χ4n) is 2.67. The number of benzene rings is 1.